The average Bonchev–Trinajstić information content (AvgIpc) is 2.23. The third-order valence-corrected chi connectivity index (χ3v) is 2.87. The van der Waals surface area contributed by atoms with Gasteiger partial charge in [0.2, 0.25) is 0 Å². The van der Waals surface area contributed by atoms with Crippen LogP contribution in [0, 0.1) is 6.92 Å². The Labute approximate surface area is 107 Å². The molecule has 6 heteroatoms. The zero-order valence-electron chi connectivity index (χ0n) is 8.59. The van der Waals surface area contributed by atoms with Crippen molar-refractivity contribution in [1.82, 2.24) is 0 Å². The number of nitrogens with one attached hydrogen (secondary N) is 1. The number of anilines is 1. The summed E-state index contributed by atoms with van der Waals surface area (Å²) in [7, 11) is 0. The van der Waals surface area contributed by atoms with Gasteiger partial charge in [0.1, 0.15) is 6.61 Å². The number of hydrogen-bond acceptors (Lipinski definition) is 3. The monoisotopic (exact) mass is 307 g/mol. The summed E-state index contributed by atoms with van der Waals surface area (Å²) in [6.07, 6.45) is -0.630. The highest BCUT2D eigenvalue weighted by atomic mass is 79.9. The van der Waals surface area contributed by atoms with E-state index in [1.165, 1.54) is 0 Å². The van der Waals surface area contributed by atoms with E-state index in [1.807, 2.05) is 6.92 Å². The van der Waals surface area contributed by atoms with E-state index in [-0.39, 0.29) is 13.2 Å². The highest BCUT2D eigenvalue weighted by molar-refractivity contribution is 9.10. The molecular formula is C10H11BrClNO3. The smallest absolute Gasteiger partial charge is 0.411 e. The Hall–Kier alpha value is -0.780. The number of amides is 1. The fourth-order valence-electron chi connectivity index (χ4n) is 1.03. The molecule has 16 heavy (non-hydrogen) atoms. The first-order chi connectivity index (χ1) is 7.54. The lowest BCUT2D eigenvalue weighted by molar-refractivity contribution is 0.131. The number of halogens is 2. The maximum atomic E-state index is 11.2. The predicted octanol–water partition coefficient (Wildman–Crippen LogP) is 2.95. The van der Waals surface area contributed by atoms with E-state index in [2.05, 4.69) is 26.0 Å². The van der Waals surface area contributed by atoms with Gasteiger partial charge in [-0.25, -0.2) is 4.79 Å². The summed E-state index contributed by atoms with van der Waals surface area (Å²) in [6, 6.07) is 3.42. The van der Waals surface area contributed by atoms with Gasteiger partial charge in [0.25, 0.3) is 0 Å². The Kier molecular flexibility index (Phi) is 5.05. The molecule has 0 aliphatic carbocycles. The molecule has 0 aliphatic heterocycles. The van der Waals surface area contributed by atoms with Crippen LogP contribution in [-0.4, -0.2) is 24.4 Å². The molecule has 0 aromatic heterocycles. The van der Waals surface area contributed by atoms with Gasteiger partial charge < -0.3 is 9.84 Å². The maximum Gasteiger partial charge on any atom is 0.411 e. The third-order valence-electron chi connectivity index (χ3n) is 1.81. The molecule has 1 aromatic carbocycles. The van der Waals surface area contributed by atoms with Gasteiger partial charge >= 0.3 is 6.09 Å². The largest absolute Gasteiger partial charge is 0.447 e. The standard InChI is InChI=1S/C10H11BrClNO3/c1-6-4-7(11)9(5-8(6)12)13-10(15)16-3-2-14/h4-5,14H,2-3H2,1H3,(H,13,15). The minimum atomic E-state index is -0.630. The molecule has 0 fully saturated rings. The summed E-state index contributed by atoms with van der Waals surface area (Å²) in [5.41, 5.74) is 1.43. The zero-order chi connectivity index (χ0) is 12.1. The van der Waals surface area contributed by atoms with E-state index < -0.39 is 6.09 Å². The van der Waals surface area contributed by atoms with Crippen LogP contribution in [-0.2, 0) is 4.74 Å². The normalized spacial score (nSPS) is 10.0. The van der Waals surface area contributed by atoms with Crippen molar-refractivity contribution in [1.29, 1.82) is 0 Å². The first-order valence-corrected chi connectivity index (χ1v) is 5.72. The first kappa shape index (κ1) is 13.3. The Bertz CT molecular complexity index is 398. The number of carbonyl (C=O) groups is 1. The molecule has 1 amide bonds. The van der Waals surface area contributed by atoms with E-state index in [0.29, 0.717) is 10.7 Å². The molecule has 0 heterocycles. The average molecular weight is 309 g/mol. The zero-order valence-corrected chi connectivity index (χ0v) is 10.9. The second-order valence-electron chi connectivity index (χ2n) is 3.07. The molecule has 0 aliphatic rings. The van der Waals surface area contributed by atoms with Crippen LogP contribution in [0.2, 0.25) is 5.02 Å². The second kappa shape index (κ2) is 6.08. The lowest BCUT2D eigenvalue weighted by Crippen LogP contribution is -2.16. The highest BCUT2D eigenvalue weighted by Crippen LogP contribution is 2.29. The Morgan fingerprint density at radius 1 is 1.62 bits per heavy atom. The minimum absolute atomic E-state index is 0.0386. The van der Waals surface area contributed by atoms with Crippen LogP contribution >= 0.6 is 27.5 Å². The van der Waals surface area contributed by atoms with Gasteiger partial charge in [-0.2, -0.15) is 0 Å². The lowest BCUT2D eigenvalue weighted by atomic mass is 10.2. The highest BCUT2D eigenvalue weighted by Gasteiger charge is 2.08. The number of hydrogen-bond donors (Lipinski definition) is 2. The van der Waals surface area contributed by atoms with Gasteiger partial charge in [0, 0.05) is 9.50 Å². The van der Waals surface area contributed by atoms with Crippen LogP contribution in [0.5, 0.6) is 0 Å². The minimum Gasteiger partial charge on any atom is -0.447 e. The van der Waals surface area contributed by atoms with Crippen molar-refractivity contribution in [2.24, 2.45) is 0 Å². The number of rotatable bonds is 3. The second-order valence-corrected chi connectivity index (χ2v) is 4.33. The number of aliphatic hydroxyl groups is 1. The Morgan fingerprint density at radius 2 is 2.31 bits per heavy atom. The topological polar surface area (TPSA) is 58.6 Å². The maximum absolute atomic E-state index is 11.2. The van der Waals surface area contributed by atoms with E-state index in [0.717, 1.165) is 10.0 Å². The summed E-state index contributed by atoms with van der Waals surface area (Å²) in [4.78, 5) is 11.2. The quantitative estimate of drug-likeness (QED) is 0.902. The molecule has 0 spiro atoms. The fraction of sp³-hybridized carbons (Fsp3) is 0.300. The van der Waals surface area contributed by atoms with Crippen LogP contribution in [0.3, 0.4) is 0 Å². The summed E-state index contributed by atoms with van der Waals surface area (Å²) < 4.78 is 5.37. The first-order valence-electron chi connectivity index (χ1n) is 4.55. The molecule has 0 atom stereocenters. The van der Waals surface area contributed by atoms with Crippen molar-refractivity contribution < 1.29 is 14.6 Å². The Balaban J connectivity index is 2.73. The molecule has 0 radical (unpaired) electrons. The number of aliphatic hydroxyl groups excluding tert-OH is 1. The Morgan fingerprint density at radius 3 is 2.94 bits per heavy atom. The van der Waals surface area contributed by atoms with Gasteiger partial charge in [-0.1, -0.05) is 11.6 Å². The van der Waals surface area contributed by atoms with E-state index in [9.17, 15) is 4.79 Å². The van der Waals surface area contributed by atoms with E-state index in [4.69, 9.17) is 16.7 Å². The van der Waals surface area contributed by atoms with Crippen LogP contribution < -0.4 is 5.32 Å². The summed E-state index contributed by atoms with van der Waals surface area (Å²) in [5.74, 6) is 0. The number of ether oxygens (including phenoxy) is 1. The predicted molar refractivity (Wildman–Crippen MR) is 65.9 cm³/mol. The van der Waals surface area contributed by atoms with Gasteiger partial charge in [-0.05, 0) is 40.5 Å². The number of aryl methyl sites for hydroxylation is 1. The summed E-state index contributed by atoms with van der Waals surface area (Å²) >= 11 is 9.22. The molecular weight excluding hydrogens is 297 g/mol. The third kappa shape index (κ3) is 3.66. The molecule has 2 N–H and O–H groups in total. The molecule has 0 saturated heterocycles. The van der Waals surface area contributed by atoms with Crippen LogP contribution in [0.25, 0.3) is 0 Å². The summed E-state index contributed by atoms with van der Waals surface area (Å²) in [6.45, 7) is 1.62. The van der Waals surface area contributed by atoms with E-state index in [1.54, 1.807) is 12.1 Å². The van der Waals surface area contributed by atoms with Gasteiger partial charge in [0.15, 0.2) is 0 Å². The van der Waals surface area contributed by atoms with Crippen molar-refractivity contribution in [3.8, 4) is 0 Å². The molecule has 0 unspecified atom stereocenters. The van der Waals surface area contributed by atoms with Crippen LogP contribution in [0.4, 0.5) is 10.5 Å². The van der Waals surface area contributed by atoms with Crippen molar-refractivity contribution in [3.63, 3.8) is 0 Å². The van der Waals surface area contributed by atoms with Crippen LogP contribution in [0.1, 0.15) is 5.56 Å². The lowest BCUT2D eigenvalue weighted by Gasteiger charge is -2.09. The molecule has 1 aromatic rings. The molecule has 0 bridgehead atoms. The number of benzene rings is 1. The molecule has 1 rings (SSSR count). The molecule has 88 valence electrons. The van der Waals surface area contributed by atoms with Gasteiger partial charge in [0.05, 0.1) is 12.3 Å². The fourth-order valence-corrected chi connectivity index (χ4v) is 1.75. The molecule has 0 saturated carbocycles. The summed E-state index contributed by atoms with van der Waals surface area (Å²) in [5, 5.41) is 11.5. The van der Waals surface area contributed by atoms with Crippen LogP contribution in [0.15, 0.2) is 16.6 Å². The molecule has 4 nitrogen and oxygen atoms in total. The van der Waals surface area contributed by atoms with Crippen molar-refractivity contribution in [2.45, 2.75) is 6.92 Å². The SMILES string of the molecule is Cc1cc(Br)c(NC(=O)OCCO)cc1Cl. The van der Waals surface area contributed by atoms with Crippen molar-refractivity contribution in [3.05, 3.63) is 27.2 Å². The van der Waals surface area contributed by atoms with Gasteiger partial charge in [-0.15, -0.1) is 0 Å². The van der Waals surface area contributed by atoms with Crippen molar-refractivity contribution in [2.75, 3.05) is 18.5 Å². The number of carbonyl (C=O) groups excluding carboxylic acids is 1. The van der Waals surface area contributed by atoms with Gasteiger partial charge in [-0.3, -0.25) is 5.32 Å². The van der Waals surface area contributed by atoms with Crippen molar-refractivity contribution >= 4 is 39.3 Å². The van der Waals surface area contributed by atoms with E-state index >= 15 is 0 Å².